The molecular weight excluding hydrogens is 389 g/mol. The largest absolute Gasteiger partial charge is 0.480 e. The van der Waals surface area contributed by atoms with Crippen molar-refractivity contribution < 1.29 is 23.4 Å². The van der Waals surface area contributed by atoms with Gasteiger partial charge in [-0.05, 0) is 17.7 Å². The number of nitrogens with zero attached hydrogens (tertiary/aromatic N) is 2. The van der Waals surface area contributed by atoms with E-state index in [0.717, 1.165) is 4.68 Å². The maximum atomic E-state index is 12.4. The molecule has 0 spiro atoms. The summed E-state index contributed by atoms with van der Waals surface area (Å²) in [6.45, 7) is -3.04. The van der Waals surface area contributed by atoms with Gasteiger partial charge in [0.05, 0.1) is 0 Å². The first-order valence-electron chi connectivity index (χ1n) is 6.53. The topological polar surface area (TPSA) is 64.4 Å². The molecule has 0 radical (unpaired) electrons. The van der Waals surface area contributed by atoms with E-state index in [0.29, 0.717) is 16.1 Å². The molecule has 10 heteroatoms. The van der Waals surface area contributed by atoms with Crippen molar-refractivity contribution in [3.8, 4) is 17.1 Å². The van der Waals surface area contributed by atoms with Crippen LogP contribution in [0.15, 0.2) is 18.2 Å². The molecule has 0 bridgehead atoms. The van der Waals surface area contributed by atoms with Gasteiger partial charge in [-0.3, -0.25) is 4.79 Å². The van der Waals surface area contributed by atoms with Crippen LogP contribution in [-0.2, 0) is 18.3 Å². The van der Waals surface area contributed by atoms with Gasteiger partial charge in [-0.1, -0.05) is 29.3 Å². The molecule has 1 heterocycles. The summed E-state index contributed by atoms with van der Waals surface area (Å²) in [5, 5.41) is 12.0. The molecule has 0 aliphatic carbocycles. The summed E-state index contributed by atoms with van der Waals surface area (Å²) in [4.78, 5) is 10.9. The van der Waals surface area contributed by atoms with Gasteiger partial charge in [-0.2, -0.15) is 13.9 Å². The van der Waals surface area contributed by atoms with Gasteiger partial charge in [0.2, 0.25) is 5.88 Å². The molecule has 0 aliphatic heterocycles. The highest BCUT2D eigenvalue weighted by Crippen LogP contribution is 2.36. The Hall–Kier alpha value is -1.57. The van der Waals surface area contributed by atoms with Crippen LogP contribution in [-0.4, -0.2) is 32.8 Å². The predicted molar refractivity (Wildman–Crippen MR) is 86.3 cm³/mol. The lowest BCUT2D eigenvalue weighted by atomic mass is 10.0. The van der Waals surface area contributed by atoms with E-state index in [1.165, 1.54) is 13.1 Å². The summed E-state index contributed by atoms with van der Waals surface area (Å²) >= 11 is 17.8. The number of benzene rings is 1. The van der Waals surface area contributed by atoms with Crippen LogP contribution in [0, 0.1) is 0 Å². The molecule has 1 atom stereocenters. The molecule has 1 aromatic carbocycles. The Kier molecular flexibility index (Phi) is 5.90. The maximum Gasteiger partial charge on any atom is 0.388 e. The fraction of sp³-hybridized carbons (Fsp3) is 0.286. The Bertz CT molecular complexity index is 768. The molecular formula is C14H11Cl3F2N2O3. The van der Waals surface area contributed by atoms with E-state index < -0.39 is 18.0 Å². The Labute approximate surface area is 150 Å². The number of alkyl halides is 3. The van der Waals surface area contributed by atoms with Crippen LogP contribution in [0.4, 0.5) is 8.78 Å². The van der Waals surface area contributed by atoms with Crippen molar-refractivity contribution in [1.82, 2.24) is 9.78 Å². The van der Waals surface area contributed by atoms with Crippen molar-refractivity contribution in [3.63, 3.8) is 0 Å². The Morgan fingerprint density at radius 2 is 2.08 bits per heavy atom. The Morgan fingerprint density at radius 1 is 1.42 bits per heavy atom. The molecule has 130 valence electrons. The Morgan fingerprint density at radius 3 is 2.67 bits per heavy atom. The zero-order chi connectivity index (χ0) is 18.0. The first kappa shape index (κ1) is 18.8. The number of hydrogen-bond donors (Lipinski definition) is 1. The maximum absolute atomic E-state index is 12.4. The number of hydrogen-bond acceptors (Lipinski definition) is 3. The van der Waals surface area contributed by atoms with E-state index in [-0.39, 0.29) is 23.0 Å². The fourth-order valence-corrected chi connectivity index (χ4v) is 2.71. The molecule has 0 fully saturated rings. The second kappa shape index (κ2) is 7.55. The van der Waals surface area contributed by atoms with Crippen LogP contribution in [0.25, 0.3) is 11.3 Å². The normalized spacial score (nSPS) is 12.5. The molecule has 24 heavy (non-hydrogen) atoms. The van der Waals surface area contributed by atoms with E-state index in [9.17, 15) is 13.6 Å². The van der Waals surface area contributed by atoms with E-state index in [2.05, 4.69) is 9.84 Å². The van der Waals surface area contributed by atoms with Crippen LogP contribution in [0.2, 0.25) is 10.0 Å². The van der Waals surface area contributed by atoms with Crippen LogP contribution >= 0.6 is 34.8 Å². The highest BCUT2D eigenvalue weighted by Gasteiger charge is 2.22. The van der Waals surface area contributed by atoms with Crippen molar-refractivity contribution >= 4 is 40.8 Å². The monoisotopic (exact) mass is 398 g/mol. The first-order chi connectivity index (χ1) is 11.2. The number of aromatic nitrogens is 2. The lowest BCUT2D eigenvalue weighted by Gasteiger charge is -2.08. The third-order valence-electron chi connectivity index (χ3n) is 3.13. The average molecular weight is 400 g/mol. The molecule has 2 aromatic rings. The second-order valence-electron chi connectivity index (χ2n) is 4.79. The van der Waals surface area contributed by atoms with Gasteiger partial charge in [0.1, 0.15) is 16.1 Å². The molecule has 5 nitrogen and oxygen atoms in total. The summed E-state index contributed by atoms with van der Waals surface area (Å²) in [5.74, 6) is -1.46. The lowest BCUT2D eigenvalue weighted by molar-refractivity contribution is -0.136. The minimum absolute atomic E-state index is 0.0194. The quantitative estimate of drug-likeness (QED) is 0.738. The van der Waals surface area contributed by atoms with E-state index in [1.807, 2.05) is 0 Å². The standard InChI is InChI=1S/C14H11Cl3F2N2O3/c1-21-12(24-14(18)19)10(17)11(20-21)6-2-3-8(15)7(4-6)5-9(16)13(22)23/h2-4,9,14H,5H2,1H3,(H,22,23). The number of aliphatic carboxylic acids is 1. The van der Waals surface area contributed by atoms with Crippen molar-refractivity contribution in [2.45, 2.75) is 18.4 Å². The SMILES string of the molecule is Cn1nc(-c2ccc(Cl)c(CC(Cl)C(=O)O)c2)c(Cl)c1OC(F)F. The summed E-state index contributed by atoms with van der Waals surface area (Å²) < 4.78 is 30.3. The minimum atomic E-state index is -3.04. The zero-order valence-electron chi connectivity index (χ0n) is 12.1. The molecule has 2 rings (SSSR count). The number of aryl methyl sites for hydroxylation is 1. The summed E-state index contributed by atoms with van der Waals surface area (Å²) in [6, 6.07) is 4.66. The van der Waals surface area contributed by atoms with E-state index >= 15 is 0 Å². The van der Waals surface area contributed by atoms with E-state index in [1.54, 1.807) is 12.1 Å². The summed E-state index contributed by atoms with van der Waals surface area (Å²) in [7, 11) is 1.41. The van der Waals surface area contributed by atoms with Gasteiger partial charge in [-0.25, -0.2) is 4.68 Å². The van der Waals surface area contributed by atoms with Crippen LogP contribution < -0.4 is 4.74 Å². The van der Waals surface area contributed by atoms with Gasteiger partial charge in [0, 0.05) is 24.1 Å². The second-order valence-corrected chi connectivity index (χ2v) is 6.10. The highest BCUT2D eigenvalue weighted by molar-refractivity contribution is 6.34. The van der Waals surface area contributed by atoms with Gasteiger partial charge >= 0.3 is 12.6 Å². The van der Waals surface area contributed by atoms with Crippen LogP contribution in [0.1, 0.15) is 5.56 Å². The average Bonchev–Trinajstić information content (AvgIpc) is 2.77. The molecule has 1 N–H and O–H groups in total. The number of rotatable bonds is 6. The van der Waals surface area contributed by atoms with Crippen molar-refractivity contribution in [3.05, 3.63) is 33.8 Å². The third kappa shape index (κ3) is 4.09. The van der Waals surface area contributed by atoms with Gasteiger partial charge in [0.15, 0.2) is 0 Å². The first-order valence-corrected chi connectivity index (χ1v) is 7.73. The van der Waals surface area contributed by atoms with E-state index in [4.69, 9.17) is 39.9 Å². The van der Waals surface area contributed by atoms with Gasteiger partial charge in [-0.15, -0.1) is 11.6 Å². The summed E-state index contributed by atoms with van der Waals surface area (Å²) in [6.07, 6.45) is -0.0194. The predicted octanol–water partition coefficient (Wildman–Crippen LogP) is 4.23. The minimum Gasteiger partial charge on any atom is -0.480 e. The fourth-order valence-electron chi connectivity index (χ4n) is 2.04. The molecule has 0 saturated carbocycles. The number of carboxylic acids is 1. The van der Waals surface area contributed by atoms with Gasteiger partial charge in [0.25, 0.3) is 0 Å². The summed E-state index contributed by atoms with van der Waals surface area (Å²) in [5.41, 5.74) is 1.14. The molecule has 0 aliphatic rings. The number of carboxylic acid groups (broad SMARTS) is 1. The number of carbonyl (C=O) groups is 1. The van der Waals surface area contributed by atoms with Gasteiger partial charge < -0.3 is 9.84 Å². The lowest BCUT2D eigenvalue weighted by Crippen LogP contribution is -2.16. The molecule has 1 unspecified atom stereocenters. The molecule has 1 aromatic heterocycles. The third-order valence-corrected chi connectivity index (χ3v) is 4.18. The van der Waals surface area contributed by atoms with Crippen molar-refractivity contribution in [1.29, 1.82) is 0 Å². The smallest absolute Gasteiger partial charge is 0.388 e. The number of halogens is 5. The molecule has 0 amide bonds. The molecule has 0 saturated heterocycles. The van der Waals surface area contributed by atoms with Crippen molar-refractivity contribution in [2.75, 3.05) is 0 Å². The van der Waals surface area contributed by atoms with Crippen LogP contribution in [0.5, 0.6) is 5.88 Å². The Balaban J connectivity index is 2.41. The highest BCUT2D eigenvalue weighted by atomic mass is 35.5. The van der Waals surface area contributed by atoms with Crippen LogP contribution in [0.3, 0.4) is 0 Å². The van der Waals surface area contributed by atoms with Crippen molar-refractivity contribution in [2.24, 2.45) is 7.05 Å². The zero-order valence-corrected chi connectivity index (χ0v) is 14.4. The number of ether oxygens (including phenoxy) is 1.